The molecule has 0 saturated carbocycles. The molecule has 1 heteroatoms. The van der Waals surface area contributed by atoms with Gasteiger partial charge in [-0.2, -0.15) is 0 Å². The van der Waals surface area contributed by atoms with Gasteiger partial charge in [-0.1, -0.05) is 32.6 Å². The van der Waals surface area contributed by atoms with E-state index in [0.29, 0.717) is 0 Å². The van der Waals surface area contributed by atoms with E-state index in [1.165, 1.54) is 57.0 Å². The van der Waals surface area contributed by atoms with Crippen LogP contribution in [-0.2, 0) is 0 Å². The Hall–Kier alpha value is 0.430. The van der Waals surface area contributed by atoms with Crippen LogP contribution in [0.15, 0.2) is 0 Å². The first-order valence-electron chi connectivity index (χ1n) is 7.09. The lowest BCUT2D eigenvalue weighted by Gasteiger charge is -2.23. The van der Waals surface area contributed by atoms with Gasteiger partial charge in [0, 0.05) is 7.26 Å². The van der Waals surface area contributed by atoms with E-state index in [9.17, 15) is 0 Å². The largest absolute Gasteiger partial charge is 0.0654 e. The van der Waals surface area contributed by atoms with Crippen LogP contribution in [0.5, 0.6) is 0 Å². The molecule has 0 amide bonds. The first-order chi connectivity index (χ1) is 7.24. The van der Waals surface area contributed by atoms with Crippen molar-refractivity contribution in [3.63, 3.8) is 0 Å². The zero-order valence-corrected chi connectivity index (χ0v) is 12.4. The molecule has 0 aliphatic rings. The summed E-state index contributed by atoms with van der Waals surface area (Å²) in [4.78, 5) is 0. The van der Waals surface area contributed by atoms with Crippen LogP contribution in [0.3, 0.4) is 0 Å². The van der Waals surface area contributed by atoms with Gasteiger partial charge in [0.15, 0.2) is 0 Å². The first kappa shape index (κ1) is 15.4. The molecule has 0 aromatic rings. The number of unbranched alkanes of at least 4 members (excludes halogenated alkanes) is 5. The highest BCUT2D eigenvalue weighted by atomic mass is 31.2. The van der Waals surface area contributed by atoms with E-state index < -0.39 is 7.26 Å². The lowest BCUT2D eigenvalue weighted by Crippen LogP contribution is -2.07. The van der Waals surface area contributed by atoms with E-state index in [1.807, 2.05) is 0 Å². The second kappa shape index (κ2) is 9.64. The minimum Gasteiger partial charge on any atom is -0.0654 e. The molecule has 0 aromatic carbocycles. The van der Waals surface area contributed by atoms with Gasteiger partial charge in [0.1, 0.15) is 0 Å². The van der Waals surface area contributed by atoms with Crippen LogP contribution < -0.4 is 0 Å². The summed E-state index contributed by atoms with van der Waals surface area (Å²) in [6, 6.07) is 0. The maximum absolute atomic E-state index is 2.41. The molecule has 15 heavy (non-hydrogen) atoms. The fraction of sp³-hybridized carbons (Fsp3) is 1.00. The predicted molar refractivity (Wildman–Crippen MR) is 76.8 cm³/mol. The summed E-state index contributed by atoms with van der Waals surface area (Å²) in [6.45, 7) is 9.54. The molecule has 0 spiro atoms. The first-order valence-corrected chi connectivity index (χ1v) is 9.62. The molecule has 0 atom stereocenters. The maximum atomic E-state index is 2.41. The molecule has 0 aromatic heterocycles. The number of hydrogen-bond donors (Lipinski definition) is 0. The SMILES string of the molecule is CCCCCCCC[P+](CC)(CC)CC. The molecule has 0 N–H and O–H groups in total. The topological polar surface area (TPSA) is 0 Å². The highest BCUT2D eigenvalue weighted by Crippen LogP contribution is 2.58. The van der Waals surface area contributed by atoms with Crippen LogP contribution in [0.25, 0.3) is 0 Å². The third-order valence-corrected chi connectivity index (χ3v) is 9.29. The lowest BCUT2D eigenvalue weighted by atomic mass is 10.1. The monoisotopic (exact) mass is 231 g/mol. The van der Waals surface area contributed by atoms with Gasteiger partial charge in [-0.3, -0.25) is 0 Å². The molecule has 0 heterocycles. The standard InChI is InChI=1S/C14H32P/c1-5-9-10-11-12-13-14-15(6-2,7-3)8-4/h5-14H2,1-4H3/q+1. The molecule has 92 valence electrons. The van der Waals surface area contributed by atoms with Gasteiger partial charge in [0.05, 0.1) is 24.6 Å². The minimum absolute atomic E-state index is 0.494. The molecule has 0 aliphatic heterocycles. The van der Waals surface area contributed by atoms with Crippen molar-refractivity contribution >= 4 is 7.26 Å². The molecule has 0 bridgehead atoms. The van der Waals surface area contributed by atoms with Crippen molar-refractivity contribution in [2.75, 3.05) is 24.6 Å². The third kappa shape index (κ3) is 6.56. The van der Waals surface area contributed by atoms with Gasteiger partial charge in [0.2, 0.25) is 0 Å². The Morgan fingerprint density at radius 3 is 1.53 bits per heavy atom. The summed E-state index contributed by atoms with van der Waals surface area (Å²) in [7, 11) is -0.494. The normalized spacial score (nSPS) is 12.0. The van der Waals surface area contributed by atoms with E-state index in [1.54, 1.807) is 6.16 Å². The fourth-order valence-corrected chi connectivity index (χ4v) is 5.56. The smallest absolute Gasteiger partial charge is 0.0594 e. The second-order valence-corrected chi connectivity index (χ2v) is 9.81. The molecule has 0 fully saturated rings. The van der Waals surface area contributed by atoms with E-state index in [4.69, 9.17) is 0 Å². The van der Waals surface area contributed by atoms with Crippen molar-refractivity contribution < 1.29 is 0 Å². The average molecular weight is 231 g/mol. The molecular formula is C14H32P+. The van der Waals surface area contributed by atoms with Crippen LogP contribution in [0.1, 0.15) is 66.2 Å². The van der Waals surface area contributed by atoms with Gasteiger partial charge in [-0.15, -0.1) is 0 Å². The summed E-state index contributed by atoms with van der Waals surface area (Å²) in [5.74, 6) is 0. The highest BCUT2D eigenvalue weighted by Gasteiger charge is 2.29. The molecular weight excluding hydrogens is 199 g/mol. The van der Waals surface area contributed by atoms with Gasteiger partial charge in [0.25, 0.3) is 0 Å². The highest BCUT2D eigenvalue weighted by molar-refractivity contribution is 7.75. The van der Waals surface area contributed by atoms with Crippen LogP contribution >= 0.6 is 7.26 Å². The Morgan fingerprint density at radius 1 is 0.600 bits per heavy atom. The summed E-state index contributed by atoms with van der Waals surface area (Å²) in [6.07, 6.45) is 14.8. The summed E-state index contributed by atoms with van der Waals surface area (Å²) < 4.78 is 0. The molecule has 0 radical (unpaired) electrons. The van der Waals surface area contributed by atoms with Gasteiger partial charge >= 0.3 is 0 Å². The lowest BCUT2D eigenvalue weighted by molar-refractivity contribution is 0.625. The summed E-state index contributed by atoms with van der Waals surface area (Å²) in [5.41, 5.74) is 0. The van der Waals surface area contributed by atoms with Gasteiger partial charge in [-0.05, 0) is 33.6 Å². The van der Waals surface area contributed by atoms with Gasteiger partial charge in [-0.25, -0.2) is 0 Å². The average Bonchev–Trinajstić information content (AvgIpc) is 2.29. The Bertz CT molecular complexity index is 119. The van der Waals surface area contributed by atoms with E-state index in [0.717, 1.165) is 0 Å². The Balaban J connectivity index is 3.54. The second-order valence-electron chi connectivity index (χ2n) is 4.78. The summed E-state index contributed by atoms with van der Waals surface area (Å²) >= 11 is 0. The predicted octanol–water partition coefficient (Wildman–Crippen LogP) is 5.42. The molecule has 0 aliphatic carbocycles. The third-order valence-electron chi connectivity index (χ3n) is 4.00. The van der Waals surface area contributed by atoms with E-state index in [-0.39, 0.29) is 0 Å². The fourth-order valence-electron chi connectivity index (χ4n) is 2.37. The summed E-state index contributed by atoms with van der Waals surface area (Å²) in [5, 5.41) is 0. The molecule has 0 saturated heterocycles. The van der Waals surface area contributed by atoms with Crippen molar-refractivity contribution in [3.8, 4) is 0 Å². The van der Waals surface area contributed by atoms with Crippen molar-refractivity contribution in [2.45, 2.75) is 66.2 Å². The van der Waals surface area contributed by atoms with Crippen molar-refractivity contribution in [3.05, 3.63) is 0 Å². The maximum Gasteiger partial charge on any atom is 0.0594 e. The van der Waals surface area contributed by atoms with E-state index >= 15 is 0 Å². The number of rotatable bonds is 10. The van der Waals surface area contributed by atoms with E-state index in [2.05, 4.69) is 27.7 Å². The zero-order valence-electron chi connectivity index (χ0n) is 11.5. The van der Waals surface area contributed by atoms with Crippen molar-refractivity contribution in [1.82, 2.24) is 0 Å². The Morgan fingerprint density at radius 2 is 1.07 bits per heavy atom. The molecule has 0 rings (SSSR count). The zero-order chi connectivity index (χ0) is 11.6. The Labute approximate surface area is 98.6 Å². The van der Waals surface area contributed by atoms with Crippen LogP contribution in [-0.4, -0.2) is 24.6 Å². The quantitative estimate of drug-likeness (QED) is 0.347. The van der Waals surface area contributed by atoms with Gasteiger partial charge < -0.3 is 0 Å². The molecule has 0 nitrogen and oxygen atoms in total. The van der Waals surface area contributed by atoms with Crippen molar-refractivity contribution in [2.24, 2.45) is 0 Å². The van der Waals surface area contributed by atoms with Crippen LogP contribution in [0, 0.1) is 0 Å². The number of hydrogen-bond acceptors (Lipinski definition) is 0. The van der Waals surface area contributed by atoms with Crippen LogP contribution in [0.4, 0.5) is 0 Å². The Kier molecular flexibility index (Phi) is 9.92. The molecule has 0 unspecified atom stereocenters. The van der Waals surface area contributed by atoms with Crippen LogP contribution in [0.2, 0.25) is 0 Å². The minimum atomic E-state index is -0.494. The van der Waals surface area contributed by atoms with Crippen molar-refractivity contribution in [1.29, 1.82) is 0 Å².